The Kier molecular flexibility index (Phi) is 3.34. The molecule has 122 valence electrons. The predicted octanol–water partition coefficient (Wildman–Crippen LogP) is 2.49. The maximum absolute atomic E-state index is 12.4. The molecule has 1 amide bonds. The second-order valence-electron chi connectivity index (χ2n) is 7.39. The molecule has 0 unspecified atom stereocenters. The topological polar surface area (TPSA) is 53.4 Å². The van der Waals surface area contributed by atoms with E-state index in [2.05, 4.69) is 17.6 Å². The normalized spacial score (nSPS) is 38.4. The number of hydrogen-bond donors (Lipinski definition) is 1. The molecule has 4 nitrogen and oxygen atoms in total. The number of hydrogen-bond acceptors (Lipinski definition) is 3. The minimum absolute atomic E-state index is 0.0475. The van der Waals surface area contributed by atoms with Crippen LogP contribution in [0.2, 0.25) is 0 Å². The fourth-order valence-corrected chi connectivity index (χ4v) is 5.42. The van der Waals surface area contributed by atoms with Crippen molar-refractivity contribution in [3.63, 3.8) is 0 Å². The lowest BCUT2D eigenvalue weighted by molar-refractivity contribution is -0.159. The van der Waals surface area contributed by atoms with Crippen LogP contribution in [-0.4, -0.2) is 33.0 Å². The van der Waals surface area contributed by atoms with Gasteiger partial charge in [0.2, 0.25) is 5.91 Å². The van der Waals surface area contributed by atoms with E-state index < -0.39 is 5.60 Å². The van der Waals surface area contributed by atoms with E-state index in [-0.39, 0.29) is 23.8 Å². The monoisotopic (exact) mass is 312 g/mol. The van der Waals surface area contributed by atoms with E-state index in [9.17, 15) is 9.90 Å². The summed E-state index contributed by atoms with van der Waals surface area (Å²) in [5, 5.41) is 11.4. The summed E-state index contributed by atoms with van der Waals surface area (Å²) in [5.74, 6) is 0.727. The second-order valence-corrected chi connectivity index (χ2v) is 7.39. The molecule has 1 N–H and O–H groups in total. The second kappa shape index (κ2) is 5.17. The van der Waals surface area contributed by atoms with E-state index >= 15 is 0 Å². The molecule has 5 atom stereocenters. The number of carbonyl (C=O) groups excluding carboxylic acids is 1. The van der Waals surface area contributed by atoms with E-state index in [1.165, 1.54) is 11.1 Å². The van der Waals surface area contributed by atoms with Gasteiger partial charge in [0.25, 0.3) is 0 Å². The molecular weight excluding hydrogens is 288 g/mol. The van der Waals surface area contributed by atoms with Gasteiger partial charge in [0.05, 0.1) is 18.2 Å². The summed E-state index contributed by atoms with van der Waals surface area (Å²) < 4.78 is 0. The fourth-order valence-electron chi connectivity index (χ4n) is 5.42. The van der Waals surface area contributed by atoms with Crippen molar-refractivity contribution < 1.29 is 9.90 Å². The van der Waals surface area contributed by atoms with E-state index in [0.717, 1.165) is 25.7 Å². The summed E-state index contributed by atoms with van der Waals surface area (Å²) in [7, 11) is 0. The smallest absolute Gasteiger partial charge is 0.220 e. The third kappa shape index (κ3) is 2.01. The van der Waals surface area contributed by atoms with Gasteiger partial charge < -0.3 is 10.0 Å². The van der Waals surface area contributed by atoms with Gasteiger partial charge in [0.15, 0.2) is 0 Å². The van der Waals surface area contributed by atoms with Crippen LogP contribution in [0.15, 0.2) is 31.1 Å². The molecule has 2 fully saturated rings. The molecule has 1 aromatic rings. The van der Waals surface area contributed by atoms with Gasteiger partial charge in [0.1, 0.15) is 0 Å². The zero-order chi connectivity index (χ0) is 16.2. The number of β-amino-alcohol motifs (C(OH)–C–C–N with tert-alkyl or cyclic N) is 1. The third-order valence-electron chi connectivity index (χ3n) is 6.45. The lowest BCUT2D eigenvalue weighted by atomic mass is 9.64. The summed E-state index contributed by atoms with van der Waals surface area (Å²) in [5.41, 5.74) is 1.68. The summed E-state index contributed by atoms with van der Waals surface area (Å²) in [6.45, 7) is 5.96. The van der Waals surface area contributed by atoms with Gasteiger partial charge in [-0.15, -0.1) is 6.58 Å². The third-order valence-corrected chi connectivity index (χ3v) is 6.45. The van der Waals surface area contributed by atoms with Crippen molar-refractivity contribution in [1.82, 2.24) is 9.88 Å². The number of amides is 1. The lowest BCUT2D eigenvalue weighted by Crippen LogP contribution is -2.61. The number of aromatic nitrogens is 1. The molecule has 1 saturated carbocycles. The number of piperidine rings is 1. The quantitative estimate of drug-likeness (QED) is 0.811. The molecule has 4 heteroatoms. The molecule has 1 aromatic heterocycles. The SMILES string of the molecule is C=C[C@@H]1CC[C@H]2[C@@H]3CCc4cnccc4[C@@H]3N(C(C)=O)C[C@@]12O. The first kappa shape index (κ1) is 14.9. The number of carbonyl (C=O) groups is 1. The molecule has 2 heterocycles. The molecule has 1 saturated heterocycles. The number of likely N-dealkylation sites (tertiary alicyclic amines) is 1. The minimum atomic E-state index is -0.806. The van der Waals surface area contributed by atoms with Crippen LogP contribution >= 0.6 is 0 Å². The highest BCUT2D eigenvalue weighted by Crippen LogP contribution is 2.56. The molecular formula is C19H24N2O2. The van der Waals surface area contributed by atoms with Crippen LogP contribution in [-0.2, 0) is 11.2 Å². The predicted molar refractivity (Wildman–Crippen MR) is 87.5 cm³/mol. The van der Waals surface area contributed by atoms with E-state index in [4.69, 9.17) is 0 Å². The molecule has 0 bridgehead atoms. The molecule has 4 rings (SSSR count). The Morgan fingerprint density at radius 1 is 1.48 bits per heavy atom. The van der Waals surface area contributed by atoms with Crippen molar-refractivity contribution in [1.29, 1.82) is 0 Å². The van der Waals surface area contributed by atoms with E-state index in [0.29, 0.717) is 12.5 Å². The van der Waals surface area contributed by atoms with Gasteiger partial charge in [-0.2, -0.15) is 0 Å². The maximum atomic E-state index is 12.4. The van der Waals surface area contributed by atoms with Gasteiger partial charge in [-0.1, -0.05) is 6.08 Å². The van der Waals surface area contributed by atoms with Gasteiger partial charge >= 0.3 is 0 Å². The van der Waals surface area contributed by atoms with Crippen LogP contribution in [0.3, 0.4) is 0 Å². The number of rotatable bonds is 1. The summed E-state index contributed by atoms with van der Waals surface area (Å²) in [4.78, 5) is 18.5. The molecule has 0 spiro atoms. The largest absolute Gasteiger partial charge is 0.387 e. The molecule has 0 radical (unpaired) electrons. The molecule has 23 heavy (non-hydrogen) atoms. The Bertz CT molecular complexity index is 659. The Morgan fingerprint density at radius 2 is 2.30 bits per heavy atom. The Morgan fingerprint density at radius 3 is 3.04 bits per heavy atom. The Balaban J connectivity index is 1.81. The highest BCUT2D eigenvalue weighted by molar-refractivity contribution is 5.74. The molecule has 0 aromatic carbocycles. The van der Waals surface area contributed by atoms with Crippen molar-refractivity contribution >= 4 is 5.91 Å². The van der Waals surface area contributed by atoms with Gasteiger partial charge in [-0.05, 0) is 54.7 Å². The summed E-state index contributed by atoms with van der Waals surface area (Å²) in [6, 6.07) is 2.15. The van der Waals surface area contributed by atoms with Crippen LogP contribution in [0.4, 0.5) is 0 Å². The fraction of sp³-hybridized carbons (Fsp3) is 0.579. The van der Waals surface area contributed by atoms with Crippen LogP contribution in [0, 0.1) is 17.8 Å². The molecule has 2 aliphatic carbocycles. The minimum Gasteiger partial charge on any atom is -0.387 e. The average molecular weight is 312 g/mol. The molecule has 1 aliphatic heterocycles. The standard InChI is InChI=1S/C19H24N2O2/c1-3-14-5-7-17-16-6-4-13-10-20-9-8-15(13)18(16)21(12(2)22)11-19(14,17)23/h3,8-10,14,16-18,23H,1,4-7,11H2,2H3/t14-,16+,17+,18+,19-/m1/s1. The van der Waals surface area contributed by atoms with E-state index in [1.54, 1.807) is 6.92 Å². The lowest BCUT2D eigenvalue weighted by Gasteiger charge is -2.54. The van der Waals surface area contributed by atoms with Gasteiger partial charge in [0, 0.05) is 25.2 Å². The van der Waals surface area contributed by atoms with Crippen LogP contribution in [0.25, 0.3) is 0 Å². The summed E-state index contributed by atoms with van der Waals surface area (Å²) >= 11 is 0. The highest BCUT2D eigenvalue weighted by Gasteiger charge is 2.58. The Hall–Kier alpha value is -1.68. The average Bonchev–Trinajstić information content (AvgIpc) is 2.89. The zero-order valence-electron chi connectivity index (χ0n) is 13.6. The highest BCUT2D eigenvalue weighted by atomic mass is 16.3. The first-order valence-electron chi connectivity index (χ1n) is 8.61. The maximum Gasteiger partial charge on any atom is 0.220 e. The van der Waals surface area contributed by atoms with Crippen LogP contribution < -0.4 is 0 Å². The van der Waals surface area contributed by atoms with Crippen LogP contribution in [0.1, 0.15) is 43.4 Å². The van der Waals surface area contributed by atoms with Gasteiger partial charge in [-0.3, -0.25) is 9.78 Å². The van der Waals surface area contributed by atoms with Gasteiger partial charge in [-0.25, -0.2) is 0 Å². The van der Waals surface area contributed by atoms with E-state index in [1.807, 2.05) is 23.4 Å². The first-order chi connectivity index (χ1) is 11.1. The van der Waals surface area contributed by atoms with Crippen molar-refractivity contribution in [3.8, 4) is 0 Å². The number of fused-ring (bicyclic) bond motifs is 5. The van der Waals surface area contributed by atoms with Crippen molar-refractivity contribution in [2.24, 2.45) is 17.8 Å². The van der Waals surface area contributed by atoms with Crippen molar-refractivity contribution in [2.45, 2.75) is 44.2 Å². The number of aryl methyl sites for hydroxylation is 1. The molecule has 3 aliphatic rings. The van der Waals surface area contributed by atoms with Crippen LogP contribution in [0.5, 0.6) is 0 Å². The first-order valence-corrected chi connectivity index (χ1v) is 8.61. The summed E-state index contributed by atoms with van der Waals surface area (Å²) in [6.07, 6.45) is 9.65. The zero-order valence-corrected chi connectivity index (χ0v) is 13.6. The van der Waals surface area contributed by atoms with Crippen molar-refractivity contribution in [3.05, 3.63) is 42.2 Å². The Labute approximate surface area is 137 Å². The number of nitrogens with zero attached hydrogens (tertiary/aromatic N) is 2. The number of pyridine rings is 1. The number of aliphatic hydroxyl groups is 1. The van der Waals surface area contributed by atoms with Crippen molar-refractivity contribution in [2.75, 3.05) is 6.54 Å².